The number of hydrogen-bond acceptors (Lipinski definition) is 5. The molecule has 1 N–H and O–H groups in total. The molecule has 1 unspecified atom stereocenters. The Kier molecular flexibility index (Phi) is 5.68. The lowest BCUT2D eigenvalue weighted by molar-refractivity contribution is 0.0948. The van der Waals surface area contributed by atoms with Gasteiger partial charge in [-0.2, -0.15) is 0 Å². The van der Waals surface area contributed by atoms with E-state index >= 15 is 0 Å². The zero-order chi connectivity index (χ0) is 22.1. The summed E-state index contributed by atoms with van der Waals surface area (Å²) >= 11 is 3.49. The fourth-order valence-electron chi connectivity index (χ4n) is 4.08. The second kappa shape index (κ2) is 8.76. The Hall–Kier alpha value is -3.16. The van der Waals surface area contributed by atoms with Crippen LogP contribution in [0.3, 0.4) is 0 Å². The first kappa shape index (κ1) is 20.7. The van der Waals surface area contributed by atoms with Gasteiger partial charge in [0.25, 0.3) is 5.91 Å². The number of carbonyl (C=O) groups is 1. The van der Waals surface area contributed by atoms with Gasteiger partial charge < -0.3 is 9.88 Å². The largest absolute Gasteiger partial charge is 0.348 e. The van der Waals surface area contributed by atoms with Crippen LogP contribution in [0.25, 0.3) is 5.69 Å². The summed E-state index contributed by atoms with van der Waals surface area (Å²) in [5.41, 5.74) is 3.45. The summed E-state index contributed by atoms with van der Waals surface area (Å²) in [6.07, 6.45) is 3.99. The van der Waals surface area contributed by atoms with Crippen LogP contribution in [-0.2, 0) is 13.0 Å². The van der Waals surface area contributed by atoms with E-state index in [2.05, 4.69) is 38.4 Å². The van der Waals surface area contributed by atoms with Crippen molar-refractivity contribution in [3.63, 3.8) is 0 Å². The first-order valence-corrected chi connectivity index (χ1v) is 12.1. The zero-order valence-corrected chi connectivity index (χ0v) is 19.1. The molecule has 4 aromatic rings. The van der Waals surface area contributed by atoms with Crippen molar-refractivity contribution in [3.05, 3.63) is 110 Å². The van der Waals surface area contributed by atoms with Crippen LogP contribution < -0.4 is 10.7 Å². The number of benzene rings is 1. The predicted octanol–water partition coefficient (Wildman–Crippen LogP) is 4.92. The molecule has 3 aromatic heterocycles. The molecular formula is C25H21N3O2S2. The van der Waals surface area contributed by atoms with Crippen molar-refractivity contribution >= 4 is 29.0 Å². The van der Waals surface area contributed by atoms with E-state index in [0.717, 1.165) is 27.5 Å². The van der Waals surface area contributed by atoms with Crippen molar-refractivity contribution in [2.75, 3.05) is 0 Å². The van der Waals surface area contributed by atoms with Gasteiger partial charge in [-0.25, -0.2) is 0 Å². The molecule has 1 amide bonds. The van der Waals surface area contributed by atoms with Crippen LogP contribution in [0.2, 0.25) is 0 Å². The standard InChI is InChI=1S/C25H21N3O2S2/c1-16-12-20(29)24(25(30)27-15-17-6-4-10-26-14-17)19-13-23(22-9-5-11-31-22)32-21-8-3-2-7-18(21)28(16)19/h2-12,14,23H,13,15H2,1H3,(H,27,30). The molecule has 0 bridgehead atoms. The molecule has 160 valence electrons. The molecule has 1 atom stereocenters. The molecule has 0 saturated carbocycles. The number of thiophene rings is 1. The first-order valence-electron chi connectivity index (χ1n) is 10.3. The lowest BCUT2D eigenvalue weighted by atomic mass is 10.0. The van der Waals surface area contributed by atoms with Crippen molar-refractivity contribution in [1.82, 2.24) is 14.9 Å². The highest BCUT2D eigenvalue weighted by atomic mass is 32.2. The Morgan fingerprint density at radius 2 is 2.06 bits per heavy atom. The lowest BCUT2D eigenvalue weighted by Crippen LogP contribution is -2.32. The molecule has 1 aliphatic heterocycles. The number of pyridine rings is 2. The highest BCUT2D eigenvalue weighted by Crippen LogP contribution is 2.45. The SMILES string of the molecule is Cc1cc(=O)c(C(=O)NCc2cccnc2)c2n1-c1ccccc1SC(c1cccs1)C2. The Balaban J connectivity index is 1.63. The summed E-state index contributed by atoms with van der Waals surface area (Å²) in [5.74, 6) is -0.350. The molecule has 5 rings (SSSR count). The minimum Gasteiger partial charge on any atom is -0.348 e. The van der Waals surface area contributed by atoms with Crippen LogP contribution in [0.15, 0.2) is 82.1 Å². The summed E-state index contributed by atoms with van der Waals surface area (Å²) in [6, 6.07) is 17.6. The molecule has 1 aliphatic rings. The van der Waals surface area contributed by atoms with Crippen LogP contribution >= 0.6 is 23.1 Å². The van der Waals surface area contributed by atoms with Gasteiger partial charge in [0.2, 0.25) is 0 Å². The van der Waals surface area contributed by atoms with Gasteiger partial charge in [-0.05, 0) is 42.1 Å². The third-order valence-corrected chi connectivity index (χ3v) is 7.95. The lowest BCUT2D eigenvalue weighted by Gasteiger charge is -2.19. The molecule has 0 aliphatic carbocycles. The van der Waals surface area contributed by atoms with Crippen LogP contribution in [0.4, 0.5) is 0 Å². The van der Waals surface area contributed by atoms with Gasteiger partial charge >= 0.3 is 0 Å². The Bertz CT molecular complexity index is 1330. The van der Waals surface area contributed by atoms with Gasteiger partial charge in [-0.3, -0.25) is 14.6 Å². The number of carbonyl (C=O) groups excluding carboxylic acids is 1. The minimum absolute atomic E-state index is 0.121. The minimum atomic E-state index is -0.350. The van der Waals surface area contributed by atoms with Crippen molar-refractivity contribution in [1.29, 1.82) is 0 Å². The molecule has 4 heterocycles. The van der Waals surface area contributed by atoms with Gasteiger partial charge in [0, 0.05) is 57.8 Å². The predicted molar refractivity (Wildman–Crippen MR) is 129 cm³/mol. The van der Waals surface area contributed by atoms with E-state index in [1.54, 1.807) is 41.6 Å². The summed E-state index contributed by atoms with van der Waals surface area (Å²) in [6.45, 7) is 2.24. The van der Waals surface area contributed by atoms with Gasteiger partial charge in [0.15, 0.2) is 5.43 Å². The van der Waals surface area contributed by atoms with E-state index in [1.807, 2.05) is 37.3 Å². The van der Waals surface area contributed by atoms with Crippen molar-refractivity contribution in [3.8, 4) is 5.69 Å². The molecular weight excluding hydrogens is 438 g/mol. The third kappa shape index (κ3) is 3.89. The quantitative estimate of drug-likeness (QED) is 0.470. The average Bonchev–Trinajstić information content (AvgIpc) is 3.27. The second-order valence-electron chi connectivity index (χ2n) is 7.64. The van der Waals surface area contributed by atoms with E-state index in [-0.39, 0.29) is 22.1 Å². The molecule has 0 fully saturated rings. The van der Waals surface area contributed by atoms with Gasteiger partial charge in [-0.1, -0.05) is 24.3 Å². The maximum absolute atomic E-state index is 13.3. The molecule has 7 heteroatoms. The highest BCUT2D eigenvalue weighted by molar-refractivity contribution is 7.99. The van der Waals surface area contributed by atoms with E-state index in [9.17, 15) is 9.59 Å². The molecule has 32 heavy (non-hydrogen) atoms. The fraction of sp³-hybridized carbons (Fsp3) is 0.160. The number of nitrogens with one attached hydrogen (secondary N) is 1. The molecule has 5 nitrogen and oxygen atoms in total. The number of amides is 1. The summed E-state index contributed by atoms with van der Waals surface area (Å²) < 4.78 is 2.08. The van der Waals surface area contributed by atoms with Crippen molar-refractivity contribution < 1.29 is 4.79 Å². The van der Waals surface area contributed by atoms with E-state index in [4.69, 9.17) is 0 Å². The monoisotopic (exact) mass is 459 g/mol. The number of thioether (sulfide) groups is 1. The maximum Gasteiger partial charge on any atom is 0.257 e. The van der Waals surface area contributed by atoms with Crippen LogP contribution in [0, 0.1) is 6.92 Å². The number of hydrogen-bond donors (Lipinski definition) is 1. The van der Waals surface area contributed by atoms with Gasteiger partial charge in [0.1, 0.15) is 5.56 Å². The number of rotatable bonds is 4. The summed E-state index contributed by atoms with van der Waals surface area (Å²) in [5, 5.41) is 5.11. The zero-order valence-electron chi connectivity index (χ0n) is 17.4. The molecule has 0 saturated heterocycles. The number of nitrogens with zero attached hydrogens (tertiary/aromatic N) is 2. The number of fused-ring (bicyclic) bond motifs is 3. The maximum atomic E-state index is 13.3. The smallest absolute Gasteiger partial charge is 0.257 e. The Morgan fingerprint density at radius 1 is 1.19 bits per heavy atom. The van der Waals surface area contributed by atoms with Crippen molar-refractivity contribution in [2.24, 2.45) is 0 Å². The number of para-hydroxylation sites is 1. The van der Waals surface area contributed by atoms with Crippen LogP contribution in [-0.4, -0.2) is 15.5 Å². The first-order chi connectivity index (χ1) is 15.6. The van der Waals surface area contributed by atoms with Gasteiger partial charge in [0.05, 0.1) is 5.69 Å². The van der Waals surface area contributed by atoms with E-state index < -0.39 is 0 Å². The number of aromatic nitrogens is 2. The average molecular weight is 460 g/mol. The second-order valence-corrected chi connectivity index (χ2v) is 9.87. The van der Waals surface area contributed by atoms with E-state index in [1.165, 1.54) is 4.88 Å². The van der Waals surface area contributed by atoms with Gasteiger partial charge in [-0.15, -0.1) is 23.1 Å². The Morgan fingerprint density at radius 3 is 2.84 bits per heavy atom. The normalized spacial score (nSPS) is 14.8. The van der Waals surface area contributed by atoms with Crippen LogP contribution in [0.1, 0.15) is 37.4 Å². The summed E-state index contributed by atoms with van der Waals surface area (Å²) in [7, 11) is 0. The topological polar surface area (TPSA) is 64.0 Å². The van der Waals surface area contributed by atoms with Crippen LogP contribution in [0.5, 0.6) is 0 Å². The number of aryl methyl sites for hydroxylation is 1. The molecule has 1 aromatic carbocycles. The van der Waals surface area contributed by atoms with E-state index in [0.29, 0.717) is 13.0 Å². The highest BCUT2D eigenvalue weighted by Gasteiger charge is 2.29. The Labute approximate surface area is 194 Å². The molecule has 0 radical (unpaired) electrons. The fourth-order valence-corrected chi connectivity index (χ4v) is 6.28. The van der Waals surface area contributed by atoms with Crippen molar-refractivity contribution in [2.45, 2.75) is 30.0 Å². The molecule has 0 spiro atoms. The third-order valence-electron chi connectivity index (χ3n) is 5.52. The summed E-state index contributed by atoms with van der Waals surface area (Å²) in [4.78, 5) is 32.8.